The molecular formula is C54H32N4O. The number of para-hydroxylation sites is 3. The Hall–Kier alpha value is -8.02. The normalized spacial score (nSPS) is 12.1. The summed E-state index contributed by atoms with van der Waals surface area (Å²) in [6.45, 7) is 0. The third-order valence-corrected chi connectivity index (χ3v) is 12.1. The van der Waals surface area contributed by atoms with Crippen molar-refractivity contribution in [2.24, 2.45) is 0 Å². The van der Waals surface area contributed by atoms with Gasteiger partial charge in [0.05, 0.1) is 38.7 Å². The number of benzene rings is 9. The first kappa shape index (κ1) is 32.1. The van der Waals surface area contributed by atoms with Gasteiger partial charge in [0, 0.05) is 54.8 Å². The van der Waals surface area contributed by atoms with Crippen molar-refractivity contribution in [3.8, 4) is 34.0 Å². The summed E-state index contributed by atoms with van der Waals surface area (Å²) in [6.07, 6.45) is 0. The number of rotatable bonds is 4. The Labute approximate surface area is 337 Å². The summed E-state index contributed by atoms with van der Waals surface area (Å²) >= 11 is 0. The third-order valence-electron chi connectivity index (χ3n) is 12.1. The van der Waals surface area contributed by atoms with E-state index in [-0.39, 0.29) is 0 Å². The van der Waals surface area contributed by atoms with Gasteiger partial charge in [0.1, 0.15) is 11.2 Å². The molecule has 59 heavy (non-hydrogen) atoms. The Morgan fingerprint density at radius 1 is 0.373 bits per heavy atom. The average Bonchev–Trinajstić information content (AvgIpc) is 3.96. The molecule has 0 atom stereocenters. The number of hydrogen-bond donors (Lipinski definition) is 0. The number of furan rings is 1. The van der Waals surface area contributed by atoms with Crippen LogP contribution in [0.4, 0.5) is 0 Å². The predicted octanol–water partition coefficient (Wildman–Crippen LogP) is 14.2. The highest BCUT2D eigenvalue weighted by molar-refractivity contribution is 6.29. The van der Waals surface area contributed by atoms with Gasteiger partial charge in [0.2, 0.25) is 0 Å². The van der Waals surface area contributed by atoms with Gasteiger partial charge in [-0.1, -0.05) is 127 Å². The van der Waals surface area contributed by atoms with E-state index < -0.39 is 0 Å². The van der Waals surface area contributed by atoms with Crippen LogP contribution in [0.3, 0.4) is 0 Å². The third kappa shape index (κ3) is 4.67. The van der Waals surface area contributed by atoms with Gasteiger partial charge < -0.3 is 13.6 Å². The average molecular weight is 753 g/mol. The molecule has 0 unspecified atom stereocenters. The maximum atomic E-state index is 6.54. The molecule has 13 rings (SSSR count). The Bertz CT molecular complexity index is 3830. The molecule has 5 nitrogen and oxygen atoms in total. The fourth-order valence-electron chi connectivity index (χ4n) is 9.47. The van der Waals surface area contributed by atoms with Gasteiger partial charge in [-0.2, -0.15) is 0 Å². The number of aromatic nitrogens is 4. The fourth-order valence-corrected chi connectivity index (χ4v) is 9.47. The fraction of sp³-hybridized carbons (Fsp3) is 0. The Kier molecular flexibility index (Phi) is 6.66. The van der Waals surface area contributed by atoms with Gasteiger partial charge >= 0.3 is 0 Å². The van der Waals surface area contributed by atoms with Crippen molar-refractivity contribution in [2.75, 3.05) is 0 Å². The quantitative estimate of drug-likeness (QED) is 0.180. The molecule has 4 aromatic heterocycles. The molecule has 0 aliphatic rings. The van der Waals surface area contributed by atoms with Crippen molar-refractivity contribution in [2.45, 2.75) is 0 Å². The summed E-state index contributed by atoms with van der Waals surface area (Å²) in [6, 6.07) is 68.9. The highest BCUT2D eigenvalue weighted by atomic mass is 16.3. The number of fused-ring (bicyclic) bond motifs is 13. The Morgan fingerprint density at radius 3 is 1.88 bits per heavy atom. The lowest BCUT2D eigenvalue weighted by molar-refractivity contribution is 0.669. The zero-order valence-electron chi connectivity index (χ0n) is 31.7. The van der Waals surface area contributed by atoms with E-state index in [0.29, 0.717) is 5.82 Å². The molecule has 274 valence electrons. The van der Waals surface area contributed by atoms with E-state index in [1.165, 1.54) is 37.8 Å². The van der Waals surface area contributed by atoms with Crippen LogP contribution in [0, 0.1) is 0 Å². The summed E-state index contributed by atoms with van der Waals surface area (Å²) in [5.41, 5.74) is 12.3. The van der Waals surface area contributed by atoms with Crippen molar-refractivity contribution in [1.82, 2.24) is 19.1 Å². The van der Waals surface area contributed by atoms with Crippen LogP contribution in [0.15, 0.2) is 199 Å². The topological polar surface area (TPSA) is 48.8 Å². The van der Waals surface area contributed by atoms with Crippen molar-refractivity contribution < 1.29 is 4.42 Å². The minimum absolute atomic E-state index is 0.693. The van der Waals surface area contributed by atoms with Crippen LogP contribution >= 0.6 is 0 Å². The van der Waals surface area contributed by atoms with Crippen LogP contribution in [0.25, 0.3) is 121 Å². The molecule has 0 saturated heterocycles. The van der Waals surface area contributed by atoms with Crippen LogP contribution in [-0.2, 0) is 0 Å². The standard InChI is InChI=1S/C54H32N4O/c1-2-13-34(14-3-1)50-43-17-6-9-19-45(43)55-54(56-50)35-23-25-37(26-24-35)58-51-41(30-31-48-49(51)44-18-8-11-21-47(44)59-48)42-29-28-40-39-16-7-10-20-46(39)57(52(40)53(42)58)38-27-22-33-12-4-5-15-36(33)32-38/h1-32H. The van der Waals surface area contributed by atoms with Gasteiger partial charge in [-0.05, 0) is 77.5 Å². The van der Waals surface area contributed by atoms with Gasteiger partial charge in [0.15, 0.2) is 5.82 Å². The van der Waals surface area contributed by atoms with Gasteiger partial charge in [-0.25, -0.2) is 9.97 Å². The second-order valence-electron chi connectivity index (χ2n) is 15.3. The lowest BCUT2D eigenvalue weighted by Gasteiger charge is -2.14. The molecule has 9 aromatic carbocycles. The summed E-state index contributed by atoms with van der Waals surface area (Å²) < 4.78 is 11.5. The molecule has 0 aliphatic heterocycles. The van der Waals surface area contributed by atoms with E-state index in [1.54, 1.807) is 0 Å². The summed E-state index contributed by atoms with van der Waals surface area (Å²) in [5, 5.41) is 10.4. The van der Waals surface area contributed by atoms with Crippen molar-refractivity contribution in [3.63, 3.8) is 0 Å². The smallest absolute Gasteiger partial charge is 0.160 e. The van der Waals surface area contributed by atoms with Gasteiger partial charge in [0.25, 0.3) is 0 Å². The minimum atomic E-state index is 0.693. The molecule has 0 bridgehead atoms. The number of nitrogens with zero attached hydrogens (tertiary/aromatic N) is 4. The first-order chi connectivity index (χ1) is 29.3. The minimum Gasteiger partial charge on any atom is -0.456 e. The van der Waals surface area contributed by atoms with E-state index in [2.05, 4.69) is 185 Å². The molecule has 0 spiro atoms. The molecule has 5 heteroatoms. The first-order valence-electron chi connectivity index (χ1n) is 20.0. The predicted molar refractivity (Wildman–Crippen MR) is 244 cm³/mol. The molecule has 0 fully saturated rings. The van der Waals surface area contributed by atoms with E-state index in [1.807, 2.05) is 18.2 Å². The number of hydrogen-bond acceptors (Lipinski definition) is 3. The van der Waals surface area contributed by atoms with Crippen molar-refractivity contribution in [1.29, 1.82) is 0 Å². The largest absolute Gasteiger partial charge is 0.456 e. The molecule has 0 amide bonds. The van der Waals surface area contributed by atoms with Crippen LogP contribution in [0.2, 0.25) is 0 Å². The molecule has 0 radical (unpaired) electrons. The van der Waals surface area contributed by atoms with Crippen LogP contribution in [0.1, 0.15) is 0 Å². The highest BCUT2D eigenvalue weighted by Gasteiger charge is 2.24. The van der Waals surface area contributed by atoms with E-state index in [4.69, 9.17) is 14.4 Å². The molecule has 13 aromatic rings. The lowest BCUT2D eigenvalue weighted by Crippen LogP contribution is -1.99. The van der Waals surface area contributed by atoms with E-state index >= 15 is 0 Å². The van der Waals surface area contributed by atoms with Crippen LogP contribution in [0.5, 0.6) is 0 Å². The van der Waals surface area contributed by atoms with Gasteiger partial charge in [-0.15, -0.1) is 0 Å². The van der Waals surface area contributed by atoms with Crippen LogP contribution < -0.4 is 0 Å². The molecule has 0 aliphatic carbocycles. The summed E-state index contributed by atoms with van der Waals surface area (Å²) in [7, 11) is 0. The van der Waals surface area contributed by atoms with Crippen molar-refractivity contribution >= 4 is 87.2 Å². The Balaban J connectivity index is 1.13. The first-order valence-corrected chi connectivity index (χ1v) is 20.0. The molecule has 4 heterocycles. The summed E-state index contributed by atoms with van der Waals surface area (Å²) in [4.78, 5) is 10.3. The maximum absolute atomic E-state index is 6.54. The molecule has 0 N–H and O–H groups in total. The maximum Gasteiger partial charge on any atom is 0.160 e. The zero-order valence-corrected chi connectivity index (χ0v) is 31.7. The second kappa shape index (κ2) is 12.2. The second-order valence-corrected chi connectivity index (χ2v) is 15.3. The lowest BCUT2D eigenvalue weighted by atomic mass is 10.1. The SMILES string of the molecule is c1ccc(-c2nc(-c3ccc(-n4c5c(ccc6oc7ccccc7c65)c5ccc6c7ccccc7n(-c7ccc8ccccc8c7)c6c54)cc3)nc3ccccc23)cc1. The highest BCUT2D eigenvalue weighted by Crippen LogP contribution is 2.45. The molecule has 0 saturated carbocycles. The Morgan fingerprint density at radius 2 is 1.02 bits per heavy atom. The zero-order chi connectivity index (χ0) is 38.6. The van der Waals surface area contributed by atoms with E-state index in [0.717, 1.165) is 77.6 Å². The van der Waals surface area contributed by atoms with Crippen LogP contribution in [-0.4, -0.2) is 19.1 Å². The van der Waals surface area contributed by atoms with Gasteiger partial charge in [-0.3, -0.25) is 0 Å². The van der Waals surface area contributed by atoms with Crippen molar-refractivity contribution in [3.05, 3.63) is 194 Å². The monoisotopic (exact) mass is 752 g/mol. The summed E-state index contributed by atoms with van der Waals surface area (Å²) in [5.74, 6) is 0.693. The van der Waals surface area contributed by atoms with E-state index in [9.17, 15) is 0 Å². The molecular weight excluding hydrogens is 721 g/mol.